The van der Waals surface area contributed by atoms with E-state index in [0.29, 0.717) is 26.4 Å². The zero-order chi connectivity index (χ0) is 20.3. The van der Waals surface area contributed by atoms with Gasteiger partial charge in [0.2, 0.25) is 0 Å². The molecule has 0 spiro atoms. The number of hydrogen-bond acceptors (Lipinski definition) is 5. The van der Waals surface area contributed by atoms with Gasteiger partial charge in [0.05, 0.1) is 21.3 Å². The first kappa shape index (κ1) is 20.4. The molecule has 0 bridgehead atoms. The summed E-state index contributed by atoms with van der Waals surface area (Å²) in [7, 11) is -3.76. The Morgan fingerprint density at radius 2 is 1.79 bits per heavy atom. The van der Waals surface area contributed by atoms with Crippen LogP contribution in [-0.4, -0.2) is 19.4 Å². The van der Waals surface area contributed by atoms with Crippen LogP contribution in [-0.2, 0) is 10.0 Å². The van der Waals surface area contributed by atoms with Crippen LogP contribution >= 0.6 is 34.5 Å². The lowest BCUT2D eigenvalue weighted by Gasteiger charge is -2.08. The molecule has 0 unspecified atom stereocenters. The van der Waals surface area contributed by atoms with Crippen LogP contribution < -0.4 is 15.4 Å². The number of benzene rings is 2. The molecule has 1 aromatic heterocycles. The molecule has 0 atom stereocenters. The molecule has 0 aliphatic rings. The summed E-state index contributed by atoms with van der Waals surface area (Å²) in [5.41, 5.74) is 0.851. The SMILES string of the molecule is Cc1nc(NS(=O)(=O)c2ccccc2)sc1NC(=O)Nc1ccc(Cl)cc1Cl. The molecule has 2 aromatic carbocycles. The monoisotopic (exact) mass is 456 g/mol. The second kappa shape index (κ2) is 8.36. The molecule has 3 rings (SSSR count). The fourth-order valence-electron chi connectivity index (χ4n) is 2.18. The Bertz CT molecular complexity index is 1120. The summed E-state index contributed by atoms with van der Waals surface area (Å²) in [6.45, 7) is 1.65. The fourth-order valence-corrected chi connectivity index (χ4v) is 4.75. The van der Waals surface area contributed by atoms with E-state index in [1.807, 2.05) is 0 Å². The Hall–Kier alpha value is -2.33. The molecule has 28 heavy (non-hydrogen) atoms. The number of carbonyl (C=O) groups excluding carboxylic acids is 1. The second-order valence-corrected chi connectivity index (χ2v) is 9.08. The Morgan fingerprint density at radius 3 is 2.46 bits per heavy atom. The number of halogens is 2. The van der Waals surface area contributed by atoms with Gasteiger partial charge in [0.1, 0.15) is 5.00 Å². The zero-order valence-corrected chi connectivity index (χ0v) is 17.5. The molecule has 11 heteroatoms. The van der Waals surface area contributed by atoms with Gasteiger partial charge in [-0.1, -0.05) is 52.7 Å². The smallest absolute Gasteiger partial charge is 0.306 e. The third kappa shape index (κ3) is 4.93. The lowest BCUT2D eigenvalue weighted by atomic mass is 10.3. The number of thiazole rings is 1. The van der Waals surface area contributed by atoms with Gasteiger partial charge in [-0.2, -0.15) is 0 Å². The van der Waals surface area contributed by atoms with E-state index in [-0.39, 0.29) is 10.0 Å². The number of nitrogens with one attached hydrogen (secondary N) is 3. The number of anilines is 3. The molecule has 1 heterocycles. The zero-order valence-electron chi connectivity index (χ0n) is 14.4. The molecule has 0 saturated heterocycles. The third-order valence-electron chi connectivity index (χ3n) is 3.48. The number of hydrogen-bond donors (Lipinski definition) is 3. The number of sulfonamides is 1. The molecule has 146 valence electrons. The van der Waals surface area contributed by atoms with Crippen molar-refractivity contribution in [3.05, 3.63) is 64.3 Å². The summed E-state index contributed by atoms with van der Waals surface area (Å²) in [4.78, 5) is 16.5. The van der Waals surface area contributed by atoms with Crippen molar-refractivity contribution >= 4 is 66.4 Å². The van der Waals surface area contributed by atoms with Crippen molar-refractivity contribution in [3.8, 4) is 0 Å². The highest BCUT2D eigenvalue weighted by atomic mass is 35.5. The van der Waals surface area contributed by atoms with Gasteiger partial charge in [0.25, 0.3) is 10.0 Å². The summed E-state index contributed by atoms with van der Waals surface area (Å²) in [6, 6.07) is 12.1. The number of aryl methyl sites for hydroxylation is 1. The Kier molecular flexibility index (Phi) is 6.09. The molecule has 3 N–H and O–H groups in total. The molecular formula is C17H14Cl2N4O3S2. The molecule has 3 aromatic rings. The Morgan fingerprint density at radius 1 is 1.07 bits per heavy atom. The molecular weight excluding hydrogens is 443 g/mol. The molecule has 0 radical (unpaired) electrons. The normalized spacial score (nSPS) is 11.1. The molecule has 0 aliphatic carbocycles. The highest BCUT2D eigenvalue weighted by Crippen LogP contribution is 2.30. The summed E-state index contributed by atoms with van der Waals surface area (Å²) in [6.07, 6.45) is 0. The number of urea groups is 1. The van der Waals surface area contributed by atoms with Crippen LogP contribution in [0.1, 0.15) is 5.69 Å². The van der Waals surface area contributed by atoms with Crippen molar-refractivity contribution in [2.75, 3.05) is 15.4 Å². The largest absolute Gasteiger partial charge is 0.324 e. The third-order valence-corrected chi connectivity index (χ3v) is 6.50. The average Bonchev–Trinajstić information content (AvgIpc) is 2.96. The van der Waals surface area contributed by atoms with Crippen LogP contribution in [0, 0.1) is 6.92 Å². The highest BCUT2D eigenvalue weighted by molar-refractivity contribution is 7.93. The van der Waals surface area contributed by atoms with Crippen LogP contribution in [0.15, 0.2) is 53.4 Å². The molecule has 7 nitrogen and oxygen atoms in total. The standard InChI is InChI=1S/C17H14Cl2N4O3S2/c1-10-15(22-16(24)21-14-8-7-11(18)9-13(14)19)27-17(20-10)23-28(25,26)12-5-3-2-4-6-12/h2-9H,1H3,(H,20,23)(H2,21,22,24). The Labute approximate surface area is 175 Å². The lowest BCUT2D eigenvalue weighted by Crippen LogP contribution is -2.19. The summed E-state index contributed by atoms with van der Waals surface area (Å²) >= 11 is 12.9. The maximum atomic E-state index is 12.4. The van der Waals surface area contributed by atoms with Crippen LogP contribution in [0.3, 0.4) is 0 Å². The van der Waals surface area contributed by atoms with Gasteiger partial charge in [-0.05, 0) is 37.3 Å². The molecule has 0 aliphatic heterocycles. The van der Waals surface area contributed by atoms with E-state index in [4.69, 9.17) is 23.2 Å². The van der Waals surface area contributed by atoms with Crippen LogP contribution in [0.2, 0.25) is 10.0 Å². The van der Waals surface area contributed by atoms with E-state index >= 15 is 0 Å². The van der Waals surface area contributed by atoms with Crippen molar-refractivity contribution in [2.45, 2.75) is 11.8 Å². The maximum absolute atomic E-state index is 12.4. The van der Waals surface area contributed by atoms with Crippen LogP contribution in [0.4, 0.5) is 20.6 Å². The van der Waals surface area contributed by atoms with Gasteiger partial charge in [-0.3, -0.25) is 10.0 Å². The number of amides is 2. The molecule has 0 saturated carbocycles. The maximum Gasteiger partial charge on any atom is 0.324 e. The van der Waals surface area contributed by atoms with Crippen molar-refractivity contribution in [1.29, 1.82) is 0 Å². The van der Waals surface area contributed by atoms with Gasteiger partial charge in [-0.15, -0.1) is 0 Å². The van der Waals surface area contributed by atoms with E-state index in [1.165, 1.54) is 18.2 Å². The van der Waals surface area contributed by atoms with Crippen molar-refractivity contribution in [1.82, 2.24) is 4.98 Å². The summed E-state index contributed by atoms with van der Waals surface area (Å²) in [5.74, 6) is 0. The molecule has 2 amide bonds. The first-order valence-corrected chi connectivity index (χ1v) is 10.9. The highest BCUT2D eigenvalue weighted by Gasteiger charge is 2.18. The van der Waals surface area contributed by atoms with E-state index in [0.717, 1.165) is 11.3 Å². The number of aromatic nitrogens is 1. The van der Waals surface area contributed by atoms with Gasteiger partial charge >= 0.3 is 6.03 Å². The first-order chi connectivity index (χ1) is 13.2. The second-order valence-electron chi connectivity index (χ2n) is 5.56. The van der Waals surface area contributed by atoms with Gasteiger partial charge in [0, 0.05) is 5.02 Å². The van der Waals surface area contributed by atoms with E-state index in [1.54, 1.807) is 37.3 Å². The van der Waals surface area contributed by atoms with Gasteiger partial charge in [0.15, 0.2) is 5.13 Å². The predicted octanol–water partition coefficient (Wildman–Crippen LogP) is 5.20. The van der Waals surface area contributed by atoms with Crippen molar-refractivity contribution < 1.29 is 13.2 Å². The number of carbonyl (C=O) groups is 1. The number of nitrogens with zero attached hydrogens (tertiary/aromatic N) is 1. The topological polar surface area (TPSA) is 100 Å². The lowest BCUT2D eigenvalue weighted by molar-refractivity contribution is 0.262. The summed E-state index contributed by atoms with van der Waals surface area (Å²) in [5, 5.41) is 6.50. The Balaban J connectivity index is 1.71. The average molecular weight is 457 g/mol. The fraction of sp³-hybridized carbons (Fsp3) is 0.0588. The minimum Gasteiger partial charge on any atom is -0.306 e. The van der Waals surface area contributed by atoms with Crippen LogP contribution in [0.25, 0.3) is 0 Å². The minimum atomic E-state index is -3.76. The first-order valence-electron chi connectivity index (χ1n) is 7.83. The quantitative estimate of drug-likeness (QED) is 0.490. The van der Waals surface area contributed by atoms with E-state index in [9.17, 15) is 13.2 Å². The number of rotatable bonds is 5. The summed E-state index contributed by atoms with van der Waals surface area (Å²) < 4.78 is 27.2. The van der Waals surface area contributed by atoms with Gasteiger partial charge in [-0.25, -0.2) is 18.2 Å². The minimum absolute atomic E-state index is 0.118. The predicted molar refractivity (Wildman–Crippen MR) is 113 cm³/mol. The van der Waals surface area contributed by atoms with E-state index in [2.05, 4.69) is 20.3 Å². The van der Waals surface area contributed by atoms with E-state index < -0.39 is 16.1 Å². The van der Waals surface area contributed by atoms with Gasteiger partial charge < -0.3 is 5.32 Å². The molecule has 0 fully saturated rings. The van der Waals surface area contributed by atoms with Crippen molar-refractivity contribution in [2.24, 2.45) is 0 Å². The van der Waals surface area contributed by atoms with Crippen LogP contribution in [0.5, 0.6) is 0 Å². The van der Waals surface area contributed by atoms with Crippen molar-refractivity contribution in [3.63, 3.8) is 0 Å².